The zero-order chi connectivity index (χ0) is 15.8. The van der Waals surface area contributed by atoms with E-state index in [-0.39, 0.29) is 5.38 Å². The predicted octanol–water partition coefficient (Wildman–Crippen LogP) is 5.77. The van der Waals surface area contributed by atoms with Crippen LogP contribution in [0, 0.1) is 11.8 Å². The van der Waals surface area contributed by atoms with Crippen molar-refractivity contribution in [2.75, 3.05) is 0 Å². The smallest absolute Gasteiger partial charge is 0.303 e. The third-order valence-corrected chi connectivity index (χ3v) is 3.88. The second-order valence-corrected chi connectivity index (χ2v) is 6.28. The predicted molar refractivity (Wildman–Crippen MR) is 90.7 cm³/mol. The average Bonchev–Trinajstić information content (AvgIpc) is 2.45. The molecule has 1 N–H and O–H groups in total. The lowest BCUT2D eigenvalue weighted by Gasteiger charge is -2.04. The van der Waals surface area contributed by atoms with Gasteiger partial charge in [0.05, 0.1) is 0 Å². The highest BCUT2D eigenvalue weighted by Crippen LogP contribution is 2.13. The number of carbonyl (C=O) groups is 1. The molecule has 1 atom stereocenters. The molecule has 3 heteroatoms. The molecule has 0 aromatic heterocycles. The Hall–Kier alpha value is -0.680. The summed E-state index contributed by atoms with van der Waals surface area (Å²) < 4.78 is 0. The number of halogens is 1. The van der Waals surface area contributed by atoms with Gasteiger partial charge in [0.2, 0.25) is 0 Å². The van der Waals surface area contributed by atoms with Crippen molar-refractivity contribution in [3.05, 3.63) is 0 Å². The van der Waals surface area contributed by atoms with Crippen LogP contribution in [0.5, 0.6) is 0 Å². The third-order valence-electron chi connectivity index (χ3n) is 3.51. The molecule has 21 heavy (non-hydrogen) atoms. The molecule has 0 rings (SSSR count). The van der Waals surface area contributed by atoms with Gasteiger partial charge in [0.25, 0.3) is 0 Å². The van der Waals surface area contributed by atoms with Crippen LogP contribution in [0.15, 0.2) is 0 Å². The summed E-state index contributed by atoms with van der Waals surface area (Å²) >= 11 is 6.23. The second kappa shape index (κ2) is 15.7. The largest absolute Gasteiger partial charge is 0.481 e. The van der Waals surface area contributed by atoms with Gasteiger partial charge < -0.3 is 5.11 Å². The van der Waals surface area contributed by atoms with Crippen LogP contribution in [0.1, 0.15) is 90.4 Å². The first-order valence-electron chi connectivity index (χ1n) is 8.48. The third kappa shape index (κ3) is 17.3. The maximum absolute atomic E-state index is 10.3. The minimum Gasteiger partial charge on any atom is -0.481 e. The highest BCUT2D eigenvalue weighted by Gasteiger charge is 2.01. The lowest BCUT2D eigenvalue weighted by atomic mass is 10.1. The summed E-state index contributed by atoms with van der Waals surface area (Å²) in [5.74, 6) is 5.69. The number of alkyl halides is 1. The van der Waals surface area contributed by atoms with Crippen molar-refractivity contribution in [1.82, 2.24) is 0 Å². The Kier molecular flexibility index (Phi) is 15.2. The van der Waals surface area contributed by atoms with Gasteiger partial charge in [0, 0.05) is 24.6 Å². The van der Waals surface area contributed by atoms with Crippen LogP contribution in [0.2, 0.25) is 0 Å². The van der Waals surface area contributed by atoms with E-state index in [0.29, 0.717) is 6.42 Å². The maximum atomic E-state index is 10.3. The fourth-order valence-electron chi connectivity index (χ4n) is 2.19. The van der Waals surface area contributed by atoms with E-state index in [1.165, 1.54) is 25.7 Å². The summed E-state index contributed by atoms with van der Waals surface area (Å²) in [6, 6.07) is 0. The minimum absolute atomic E-state index is 0.213. The van der Waals surface area contributed by atoms with E-state index in [9.17, 15) is 4.79 Å². The van der Waals surface area contributed by atoms with Crippen molar-refractivity contribution in [2.45, 2.75) is 95.8 Å². The topological polar surface area (TPSA) is 37.3 Å². The van der Waals surface area contributed by atoms with Crippen LogP contribution in [0.4, 0.5) is 0 Å². The Balaban J connectivity index is 3.31. The molecule has 0 bridgehead atoms. The van der Waals surface area contributed by atoms with Crippen molar-refractivity contribution in [3.63, 3.8) is 0 Å². The summed E-state index contributed by atoms with van der Waals surface area (Å²) in [6.45, 7) is 2.22. The van der Waals surface area contributed by atoms with E-state index in [1.807, 2.05) is 0 Å². The molecule has 0 aliphatic heterocycles. The van der Waals surface area contributed by atoms with Gasteiger partial charge >= 0.3 is 5.97 Å². The van der Waals surface area contributed by atoms with Crippen LogP contribution in [-0.2, 0) is 4.79 Å². The fourth-order valence-corrected chi connectivity index (χ4v) is 2.42. The molecule has 0 saturated heterocycles. The molecule has 1 unspecified atom stereocenters. The van der Waals surface area contributed by atoms with Gasteiger partial charge in [-0.05, 0) is 19.3 Å². The van der Waals surface area contributed by atoms with E-state index in [0.717, 1.165) is 51.4 Å². The maximum Gasteiger partial charge on any atom is 0.303 e. The van der Waals surface area contributed by atoms with Crippen molar-refractivity contribution < 1.29 is 9.90 Å². The number of carboxylic acids is 1. The van der Waals surface area contributed by atoms with Gasteiger partial charge in [0.1, 0.15) is 0 Å². The van der Waals surface area contributed by atoms with Crippen molar-refractivity contribution in [1.29, 1.82) is 0 Å². The van der Waals surface area contributed by atoms with E-state index < -0.39 is 5.97 Å². The molecule has 0 amide bonds. The molecule has 0 spiro atoms. The number of carboxylic acid groups (broad SMARTS) is 1. The Labute approximate surface area is 135 Å². The van der Waals surface area contributed by atoms with Crippen molar-refractivity contribution in [2.24, 2.45) is 0 Å². The molecule has 0 fully saturated rings. The quantitative estimate of drug-likeness (QED) is 0.266. The molecular formula is C18H31ClO2. The molecule has 0 aromatic rings. The van der Waals surface area contributed by atoms with Crippen LogP contribution >= 0.6 is 11.6 Å². The lowest BCUT2D eigenvalue weighted by Crippen LogP contribution is -1.96. The standard InChI is InChI=1S/C18H31ClO2/c1-2-3-4-11-14-17(19)15-12-9-7-5-6-8-10-13-16-18(20)21/h17H,2-8,10-11,13-16H2,1H3,(H,20,21). The number of hydrogen-bond donors (Lipinski definition) is 1. The molecule has 122 valence electrons. The first-order valence-corrected chi connectivity index (χ1v) is 8.92. The molecule has 0 aliphatic rings. The second-order valence-electron chi connectivity index (χ2n) is 5.67. The molecule has 2 nitrogen and oxygen atoms in total. The van der Waals surface area contributed by atoms with E-state index >= 15 is 0 Å². The first-order chi connectivity index (χ1) is 10.2. The highest BCUT2D eigenvalue weighted by atomic mass is 35.5. The van der Waals surface area contributed by atoms with Crippen LogP contribution < -0.4 is 0 Å². The van der Waals surface area contributed by atoms with E-state index in [1.54, 1.807) is 0 Å². The Morgan fingerprint density at radius 1 is 1.00 bits per heavy atom. The average molecular weight is 315 g/mol. The Bertz CT molecular complexity index is 304. The molecule has 0 heterocycles. The molecular weight excluding hydrogens is 284 g/mol. The van der Waals surface area contributed by atoms with Crippen molar-refractivity contribution in [3.8, 4) is 11.8 Å². The molecule has 0 saturated carbocycles. The summed E-state index contributed by atoms with van der Waals surface area (Å²) in [4.78, 5) is 10.3. The zero-order valence-corrected chi connectivity index (χ0v) is 14.3. The minimum atomic E-state index is -0.689. The summed E-state index contributed by atoms with van der Waals surface area (Å²) in [7, 11) is 0. The summed E-state index contributed by atoms with van der Waals surface area (Å²) in [5.41, 5.74) is 0. The van der Waals surface area contributed by atoms with Gasteiger partial charge in [-0.1, -0.05) is 51.9 Å². The SMILES string of the molecule is CCCCCCC(Cl)CC#CCCCCCCCC(=O)O. The molecule has 0 aromatic carbocycles. The van der Waals surface area contributed by atoms with Crippen LogP contribution in [0.3, 0.4) is 0 Å². The normalized spacial score (nSPS) is 11.7. The number of hydrogen-bond acceptors (Lipinski definition) is 1. The van der Waals surface area contributed by atoms with E-state index in [2.05, 4.69) is 18.8 Å². The Morgan fingerprint density at radius 2 is 1.67 bits per heavy atom. The van der Waals surface area contributed by atoms with Gasteiger partial charge in [-0.2, -0.15) is 0 Å². The zero-order valence-electron chi connectivity index (χ0n) is 13.5. The Morgan fingerprint density at radius 3 is 2.38 bits per heavy atom. The summed E-state index contributed by atoms with van der Waals surface area (Å²) in [5, 5.41) is 8.72. The first kappa shape index (κ1) is 20.3. The number of aliphatic carboxylic acids is 1. The number of unbranched alkanes of at least 4 members (excludes halogenated alkanes) is 8. The van der Waals surface area contributed by atoms with Gasteiger partial charge in [0.15, 0.2) is 0 Å². The van der Waals surface area contributed by atoms with Gasteiger partial charge in [-0.3, -0.25) is 4.79 Å². The number of rotatable bonds is 13. The van der Waals surface area contributed by atoms with Crippen molar-refractivity contribution >= 4 is 17.6 Å². The van der Waals surface area contributed by atoms with E-state index in [4.69, 9.17) is 16.7 Å². The van der Waals surface area contributed by atoms with Gasteiger partial charge in [-0.15, -0.1) is 23.4 Å². The molecule has 0 aliphatic carbocycles. The highest BCUT2D eigenvalue weighted by molar-refractivity contribution is 6.20. The van der Waals surface area contributed by atoms with Crippen LogP contribution in [0.25, 0.3) is 0 Å². The summed E-state index contributed by atoms with van der Waals surface area (Å²) in [6.07, 6.45) is 13.4. The molecule has 0 radical (unpaired) electrons. The van der Waals surface area contributed by atoms with Gasteiger partial charge in [-0.25, -0.2) is 0 Å². The van der Waals surface area contributed by atoms with Crippen LogP contribution in [-0.4, -0.2) is 16.5 Å². The lowest BCUT2D eigenvalue weighted by molar-refractivity contribution is -0.137. The fraction of sp³-hybridized carbons (Fsp3) is 0.833. The monoisotopic (exact) mass is 314 g/mol.